The highest BCUT2D eigenvalue weighted by molar-refractivity contribution is 7.11. The molecule has 3 N–H and O–H groups in total. The molecular formula is C12H21N3O2S. The SMILES string of the molecule is CCc1cnc(CCNC(=O)NC(CC)CO)s1. The summed E-state index contributed by atoms with van der Waals surface area (Å²) in [5.41, 5.74) is 0. The lowest BCUT2D eigenvalue weighted by Crippen LogP contribution is -2.44. The quantitative estimate of drug-likeness (QED) is 0.700. The van der Waals surface area contributed by atoms with Gasteiger partial charge in [-0.05, 0) is 12.8 Å². The fourth-order valence-electron chi connectivity index (χ4n) is 1.42. The standard InChI is InChI=1S/C12H21N3O2S/c1-3-9(8-16)15-12(17)13-6-5-11-14-7-10(4-2)18-11/h7,9,16H,3-6,8H2,1-2H3,(H2,13,15,17). The van der Waals surface area contributed by atoms with Crippen molar-refractivity contribution >= 4 is 17.4 Å². The van der Waals surface area contributed by atoms with E-state index in [1.165, 1.54) is 4.88 Å². The van der Waals surface area contributed by atoms with Crippen LogP contribution in [0.2, 0.25) is 0 Å². The predicted molar refractivity (Wildman–Crippen MR) is 72.9 cm³/mol. The fourth-order valence-corrected chi connectivity index (χ4v) is 2.29. The molecule has 1 aromatic rings. The Morgan fingerprint density at radius 1 is 1.56 bits per heavy atom. The van der Waals surface area contributed by atoms with Crippen molar-refractivity contribution in [3.8, 4) is 0 Å². The van der Waals surface area contributed by atoms with E-state index in [9.17, 15) is 4.79 Å². The highest BCUT2D eigenvalue weighted by Gasteiger charge is 2.08. The molecule has 18 heavy (non-hydrogen) atoms. The van der Waals surface area contributed by atoms with Gasteiger partial charge in [-0.2, -0.15) is 0 Å². The number of nitrogens with one attached hydrogen (secondary N) is 2. The number of aromatic nitrogens is 1. The largest absolute Gasteiger partial charge is 0.394 e. The van der Waals surface area contributed by atoms with Crippen molar-refractivity contribution in [1.82, 2.24) is 15.6 Å². The molecule has 102 valence electrons. The van der Waals surface area contributed by atoms with E-state index in [2.05, 4.69) is 22.5 Å². The average Bonchev–Trinajstić information content (AvgIpc) is 2.84. The third kappa shape index (κ3) is 5.01. The van der Waals surface area contributed by atoms with E-state index in [1.54, 1.807) is 11.3 Å². The van der Waals surface area contributed by atoms with Crippen molar-refractivity contribution in [3.63, 3.8) is 0 Å². The lowest BCUT2D eigenvalue weighted by Gasteiger charge is -2.14. The van der Waals surface area contributed by atoms with Crippen molar-refractivity contribution < 1.29 is 9.90 Å². The molecule has 1 aromatic heterocycles. The first kappa shape index (κ1) is 14.9. The second kappa shape index (κ2) is 8.05. The van der Waals surface area contributed by atoms with E-state index >= 15 is 0 Å². The van der Waals surface area contributed by atoms with Crippen LogP contribution in [0.15, 0.2) is 6.20 Å². The van der Waals surface area contributed by atoms with Gasteiger partial charge in [-0.1, -0.05) is 13.8 Å². The zero-order chi connectivity index (χ0) is 13.4. The molecule has 0 aliphatic carbocycles. The van der Waals surface area contributed by atoms with Crippen molar-refractivity contribution in [2.24, 2.45) is 0 Å². The number of urea groups is 1. The molecule has 0 saturated carbocycles. The molecule has 0 fully saturated rings. The first-order valence-corrected chi connectivity index (χ1v) is 7.10. The minimum absolute atomic E-state index is 0.0315. The second-order valence-corrected chi connectivity index (χ2v) is 5.21. The van der Waals surface area contributed by atoms with Gasteiger partial charge in [0.2, 0.25) is 0 Å². The number of carbonyl (C=O) groups excluding carboxylic acids is 1. The number of carbonyl (C=O) groups is 1. The van der Waals surface area contributed by atoms with Crippen LogP contribution in [-0.2, 0) is 12.8 Å². The monoisotopic (exact) mass is 271 g/mol. The van der Waals surface area contributed by atoms with Crippen LogP contribution < -0.4 is 10.6 Å². The lowest BCUT2D eigenvalue weighted by molar-refractivity contribution is 0.214. The molecular weight excluding hydrogens is 250 g/mol. The summed E-state index contributed by atoms with van der Waals surface area (Å²) in [6.07, 6.45) is 4.35. The summed E-state index contributed by atoms with van der Waals surface area (Å²) >= 11 is 1.68. The van der Waals surface area contributed by atoms with Gasteiger partial charge in [-0.15, -0.1) is 11.3 Å². The fraction of sp³-hybridized carbons (Fsp3) is 0.667. The van der Waals surface area contributed by atoms with Crippen molar-refractivity contribution in [2.75, 3.05) is 13.2 Å². The molecule has 6 heteroatoms. The molecule has 1 heterocycles. The Bertz CT molecular complexity index is 364. The van der Waals surface area contributed by atoms with Crippen LogP contribution in [0, 0.1) is 0 Å². The topological polar surface area (TPSA) is 74.2 Å². The molecule has 0 bridgehead atoms. The second-order valence-electron chi connectivity index (χ2n) is 4.01. The number of aliphatic hydroxyl groups is 1. The van der Waals surface area contributed by atoms with Gasteiger partial charge in [0.05, 0.1) is 17.7 Å². The normalized spacial score (nSPS) is 12.2. The van der Waals surface area contributed by atoms with Gasteiger partial charge in [0.15, 0.2) is 0 Å². The van der Waals surface area contributed by atoms with Gasteiger partial charge in [-0.25, -0.2) is 9.78 Å². The Kier molecular flexibility index (Phi) is 6.67. The lowest BCUT2D eigenvalue weighted by atomic mass is 10.2. The van der Waals surface area contributed by atoms with Crippen LogP contribution in [0.1, 0.15) is 30.2 Å². The van der Waals surface area contributed by atoms with Gasteiger partial charge >= 0.3 is 6.03 Å². The maximum absolute atomic E-state index is 11.5. The van der Waals surface area contributed by atoms with Gasteiger partial charge in [0.1, 0.15) is 0 Å². The first-order chi connectivity index (χ1) is 8.69. The Morgan fingerprint density at radius 3 is 2.89 bits per heavy atom. The van der Waals surface area contributed by atoms with Gasteiger partial charge in [-0.3, -0.25) is 0 Å². The molecule has 1 atom stereocenters. The van der Waals surface area contributed by atoms with Crippen molar-refractivity contribution in [1.29, 1.82) is 0 Å². The summed E-state index contributed by atoms with van der Waals surface area (Å²) in [5.74, 6) is 0. The molecule has 0 spiro atoms. The molecule has 0 aliphatic rings. The van der Waals surface area contributed by atoms with Gasteiger partial charge in [0, 0.05) is 24.0 Å². The summed E-state index contributed by atoms with van der Waals surface area (Å²) in [5, 5.41) is 15.5. The molecule has 2 amide bonds. The summed E-state index contributed by atoms with van der Waals surface area (Å²) < 4.78 is 0. The zero-order valence-electron chi connectivity index (χ0n) is 10.9. The van der Waals surface area contributed by atoms with Crippen molar-refractivity contribution in [2.45, 2.75) is 39.2 Å². The van der Waals surface area contributed by atoms with Crippen LogP contribution in [0.5, 0.6) is 0 Å². The smallest absolute Gasteiger partial charge is 0.315 e. The summed E-state index contributed by atoms with van der Waals surface area (Å²) in [6, 6.07) is -0.403. The Labute approximate surface area is 112 Å². The molecule has 1 unspecified atom stereocenters. The number of aryl methyl sites for hydroxylation is 1. The van der Waals surface area contributed by atoms with Gasteiger partial charge < -0.3 is 15.7 Å². The summed E-state index contributed by atoms with van der Waals surface area (Å²) in [4.78, 5) is 17.0. The van der Waals surface area contributed by atoms with E-state index < -0.39 is 0 Å². The summed E-state index contributed by atoms with van der Waals surface area (Å²) in [6.45, 7) is 4.55. The minimum atomic E-state index is -0.233. The highest BCUT2D eigenvalue weighted by atomic mass is 32.1. The van der Waals surface area contributed by atoms with Crippen LogP contribution in [-0.4, -0.2) is 35.3 Å². The third-order valence-electron chi connectivity index (χ3n) is 2.62. The van der Waals surface area contributed by atoms with E-state index in [1.807, 2.05) is 13.1 Å². The number of amides is 2. The Hall–Kier alpha value is -1.14. The maximum atomic E-state index is 11.5. The Morgan fingerprint density at radius 2 is 2.33 bits per heavy atom. The summed E-state index contributed by atoms with van der Waals surface area (Å²) in [7, 11) is 0. The van der Waals surface area contributed by atoms with E-state index in [0.29, 0.717) is 6.54 Å². The van der Waals surface area contributed by atoms with Crippen LogP contribution in [0.4, 0.5) is 4.79 Å². The van der Waals surface area contributed by atoms with Crippen LogP contribution >= 0.6 is 11.3 Å². The molecule has 1 rings (SSSR count). The number of hydrogen-bond acceptors (Lipinski definition) is 4. The maximum Gasteiger partial charge on any atom is 0.315 e. The first-order valence-electron chi connectivity index (χ1n) is 6.28. The number of hydrogen-bond donors (Lipinski definition) is 3. The van der Waals surface area contributed by atoms with E-state index in [4.69, 9.17) is 5.11 Å². The van der Waals surface area contributed by atoms with E-state index in [0.717, 1.165) is 24.3 Å². The molecule has 0 saturated heterocycles. The van der Waals surface area contributed by atoms with Crippen molar-refractivity contribution in [3.05, 3.63) is 16.1 Å². The molecule has 5 nitrogen and oxygen atoms in total. The average molecular weight is 271 g/mol. The van der Waals surface area contributed by atoms with E-state index in [-0.39, 0.29) is 18.7 Å². The zero-order valence-corrected chi connectivity index (χ0v) is 11.7. The molecule has 0 aromatic carbocycles. The molecule has 0 aliphatic heterocycles. The number of aliphatic hydroxyl groups excluding tert-OH is 1. The highest BCUT2D eigenvalue weighted by Crippen LogP contribution is 2.13. The predicted octanol–water partition coefficient (Wildman–Crippen LogP) is 1.32. The van der Waals surface area contributed by atoms with Crippen LogP contribution in [0.25, 0.3) is 0 Å². The number of rotatable bonds is 7. The minimum Gasteiger partial charge on any atom is -0.394 e. The molecule has 0 radical (unpaired) electrons. The van der Waals surface area contributed by atoms with Crippen LogP contribution in [0.3, 0.4) is 0 Å². The van der Waals surface area contributed by atoms with Gasteiger partial charge in [0.25, 0.3) is 0 Å². The number of nitrogens with zero attached hydrogens (tertiary/aromatic N) is 1. The number of thiazole rings is 1. The third-order valence-corrected chi connectivity index (χ3v) is 3.82. The Balaban J connectivity index is 2.22.